The van der Waals surface area contributed by atoms with Gasteiger partial charge in [-0.15, -0.1) is 0 Å². The van der Waals surface area contributed by atoms with Crippen molar-refractivity contribution in [3.8, 4) is 17.2 Å². The van der Waals surface area contributed by atoms with Crippen LogP contribution < -0.4 is 20.1 Å². The molecule has 0 spiro atoms. The van der Waals surface area contributed by atoms with E-state index in [9.17, 15) is 19.7 Å². The minimum absolute atomic E-state index is 0.0827. The molecule has 0 saturated heterocycles. The van der Waals surface area contributed by atoms with Crippen LogP contribution in [0.4, 0.5) is 5.69 Å². The number of nitro groups is 1. The first kappa shape index (κ1) is 22.3. The molecule has 2 aromatic carbocycles. The van der Waals surface area contributed by atoms with E-state index in [4.69, 9.17) is 13.9 Å². The lowest BCUT2D eigenvalue weighted by atomic mass is 10.1. The predicted octanol–water partition coefficient (Wildman–Crippen LogP) is 3.42. The number of carbonyl (C=O) groups is 2. The molecule has 3 rings (SSSR count). The summed E-state index contributed by atoms with van der Waals surface area (Å²) in [6.07, 6.45) is 1.49. The van der Waals surface area contributed by atoms with Crippen molar-refractivity contribution >= 4 is 17.5 Å². The van der Waals surface area contributed by atoms with E-state index in [1.165, 1.54) is 32.4 Å². The number of ether oxygens (including phenoxy) is 2. The first-order valence-corrected chi connectivity index (χ1v) is 9.58. The number of amides is 2. The Labute approximate surface area is 183 Å². The summed E-state index contributed by atoms with van der Waals surface area (Å²) >= 11 is 0. The van der Waals surface area contributed by atoms with Gasteiger partial charge in [-0.2, -0.15) is 0 Å². The van der Waals surface area contributed by atoms with E-state index in [1.807, 2.05) is 0 Å². The molecule has 10 heteroatoms. The van der Waals surface area contributed by atoms with Gasteiger partial charge < -0.3 is 24.5 Å². The Morgan fingerprint density at radius 2 is 1.84 bits per heavy atom. The topological polar surface area (TPSA) is 133 Å². The number of hydrogen-bond donors (Lipinski definition) is 2. The predicted molar refractivity (Wildman–Crippen MR) is 114 cm³/mol. The second-order valence-corrected chi connectivity index (χ2v) is 6.71. The lowest BCUT2D eigenvalue weighted by molar-refractivity contribution is -0.384. The molecule has 1 unspecified atom stereocenters. The largest absolute Gasteiger partial charge is 0.497 e. The highest BCUT2D eigenvalue weighted by molar-refractivity contribution is 6.00. The number of hydrogen-bond acceptors (Lipinski definition) is 7. The fraction of sp³-hybridized carbons (Fsp3) is 0.182. The van der Waals surface area contributed by atoms with E-state index >= 15 is 0 Å². The zero-order valence-corrected chi connectivity index (χ0v) is 17.4. The molecular formula is C22H21N3O7. The van der Waals surface area contributed by atoms with Gasteiger partial charge in [0.25, 0.3) is 11.6 Å². The summed E-state index contributed by atoms with van der Waals surface area (Å²) in [6, 6.07) is 12.8. The minimum atomic E-state index is -0.912. The van der Waals surface area contributed by atoms with Crippen molar-refractivity contribution in [2.75, 3.05) is 7.11 Å². The molecule has 10 nitrogen and oxygen atoms in total. The SMILES string of the molecule is COc1ccc(Oc2ccc([N+](=O)[O-])cc2C(=O)NC(C)C(=O)NCc2ccco2)cc1. The van der Waals surface area contributed by atoms with Gasteiger partial charge >= 0.3 is 0 Å². The number of methoxy groups -OCH3 is 1. The van der Waals surface area contributed by atoms with Crippen LogP contribution in [0.1, 0.15) is 23.0 Å². The summed E-state index contributed by atoms with van der Waals surface area (Å²) in [5, 5.41) is 16.4. The zero-order valence-electron chi connectivity index (χ0n) is 17.4. The average Bonchev–Trinajstić information content (AvgIpc) is 3.31. The quantitative estimate of drug-likeness (QED) is 0.385. The number of benzene rings is 2. The maximum atomic E-state index is 12.8. The van der Waals surface area contributed by atoms with Crippen molar-refractivity contribution in [3.05, 3.63) is 82.3 Å². The van der Waals surface area contributed by atoms with E-state index in [2.05, 4.69) is 10.6 Å². The molecule has 0 radical (unpaired) electrons. The van der Waals surface area contributed by atoms with E-state index < -0.39 is 22.8 Å². The van der Waals surface area contributed by atoms with Crippen LogP contribution in [0.25, 0.3) is 0 Å². The molecule has 3 aromatic rings. The van der Waals surface area contributed by atoms with Gasteiger partial charge in [0.2, 0.25) is 5.91 Å². The first-order valence-electron chi connectivity index (χ1n) is 9.58. The van der Waals surface area contributed by atoms with Gasteiger partial charge in [-0.3, -0.25) is 19.7 Å². The van der Waals surface area contributed by atoms with Gasteiger partial charge in [-0.05, 0) is 49.4 Å². The third-order valence-corrected chi connectivity index (χ3v) is 4.46. The van der Waals surface area contributed by atoms with Gasteiger partial charge in [0, 0.05) is 12.1 Å². The number of furan rings is 1. The van der Waals surface area contributed by atoms with Crippen LogP contribution in [0, 0.1) is 10.1 Å². The van der Waals surface area contributed by atoms with Gasteiger partial charge in [0.15, 0.2) is 0 Å². The van der Waals surface area contributed by atoms with Crippen LogP contribution in [-0.2, 0) is 11.3 Å². The van der Waals surface area contributed by atoms with E-state index in [0.717, 1.165) is 6.07 Å². The van der Waals surface area contributed by atoms with E-state index in [0.29, 0.717) is 17.3 Å². The normalized spacial score (nSPS) is 11.3. The zero-order chi connectivity index (χ0) is 23.1. The summed E-state index contributed by atoms with van der Waals surface area (Å²) in [4.78, 5) is 35.7. The molecule has 32 heavy (non-hydrogen) atoms. The lowest BCUT2D eigenvalue weighted by Crippen LogP contribution is -2.44. The fourth-order valence-electron chi connectivity index (χ4n) is 2.75. The van der Waals surface area contributed by atoms with Crippen molar-refractivity contribution in [2.24, 2.45) is 0 Å². The molecule has 1 atom stereocenters. The minimum Gasteiger partial charge on any atom is -0.497 e. The second kappa shape index (κ2) is 10.1. The number of carbonyl (C=O) groups excluding carboxylic acids is 2. The second-order valence-electron chi connectivity index (χ2n) is 6.71. The molecule has 1 heterocycles. The lowest BCUT2D eigenvalue weighted by Gasteiger charge is -2.16. The maximum absolute atomic E-state index is 12.8. The molecule has 0 saturated carbocycles. The van der Waals surface area contributed by atoms with E-state index in [1.54, 1.807) is 36.4 Å². The summed E-state index contributed by atoms with van der Waals surface area (Å²) in [5.41, 5.74) is -0.368. The van der Waals surface area contributed by atoms with Crippen molar-refractivity contribution in [3.63, 3.8) is 0 Å². The van der Waals surface area contributed by atoms with Crippen LogP contribution in [0.5, 0.6) is 17.2 Å². The Morgan fingerprint density at radius 1 is 1.12 bits per heavy atom. The molecule has 2 N–H and O–H groups in total. The summed E-state index contributed by atoms with van der Waals surface area (Å²) < 4.78 is 16.0. The van der Waals surface area contributed by atoms with Gasteiger partial charge in [-0.25, -0.2) is 0 Å². The molecule has 0 aliphatic carbocycles. The summed E-state index contributed by atoms with van der Waals surface area (Å²) in [7, 11) is 1.53. The van der Waals surface area contributed by atoms with Gasteiger partial charge in [0.1, 0.15) is 29.1 Å². The molecule has 166 valence electrons. The van der Waals surface area contributed by atoms with Gasteiger partial charge in [-0.1, -0.05) is 0 Å². The standard InChI is InChI=1S/C22H21N3O7/c1-14(21(26)23-13-18-4-3-11-31-18)24-22(27)19-12-15(25(28)29)5-10-20(19)32-17-8-6-16(30-2)7-9-17/h3-12,14H,13H2,1-2H3,(H,23,26)(H,24,27). The Bertz CT molecular complexity index is 1100. The van der Waals surface area contributed by atoms with E-state index in [-0.39, 0.29) is 23.5 Å². The maximum Gasteiger partial charge on any atom is 0.270 e. The monoisotopic (exact) mass is 439 g/mol. The number of non-ortho nitro benzene ring substituents is 1. The number of nitrogens with zero attached hydrogens (tertiary/aromatic N) is 1. The number of nitrogens with one attached hydrogen (secondary N) is 2. The highest BCUT2D eigenvalue weighted by atomic mass is 16.6. The third kappa shape index (κ3) is 5.63. The van der Waals surface area contributed by atoms with Crippen LogP contribution in [0.3, 0.4) is 0 Å². The highest BCUT2D eigenvalue weighted by Crippen LogP contribution is 2.30. The number of nitro benzene ring substituents is 1. The first-order chi connectivity index (χ1) is 15.4. The van der Waals surface area contributed by atoms with Crippen molar-refractivity contribution in [1.82, 2.24) is 10.6 Å². The molecular weight excluding hydrogens is 418 g/mol. The Balaban J connectivity index is 1.75. The van der Waals surface area contributed by atoms with Crippen molar-refractivity contribution in [1.29, 1.82) is 0 Å². The van der Waals surface area contributed by atoms with Crippen LogP contribution in [0.2, 0.25) is 0 Å². The Hall–Kier alpha value is -4.34. The Kier molecular flexibility index (Phi) is 7.06. The molecule has 2 amide bonds. The van der Waals surface area contributed by atoms with Crippen LogP contribution >= 0.6 is 0 Å². The average molecular weight is 439 g/mol. The molecule has 0 aliphatic heterocycles. The Morgan fingerprint density at radius 3 is 2.47 bits per heavy atom. The van der Waals surface area contributed by atoms with Crippen molar-refractivity contribution < 1.29 is 28.4 Å². The summed E-state index contributed by atoms with van der Waals surface area (Å²) in [6.45, 7) is 1.66. The highest BCUT2D eigenvalue weighted by Gasteiger charge is 2.22. The molecule has 0 aliphatic rings. The van der Waals surface area contributed by atoms with Crippen LogP contribution in [-0.4, -0.2) is 29.9 Å². The molecule has 0 bridgehead atoms. The van der Waals surface area contributed by atoms with Crippen LogP contribution in [0.15, 0.2) is 65.3 Å². The van der Waals surface area contributed by atoms with Gasteiger partial charge in [0.05, 0.1) is 30.4 Å². The molecule has 1 aromatic heterocycles. The summed E-state index contributed by atoms with van der Waals surface area (Å²) in [5.74, 6) is 0.536. The third-order valence-electron chi connectivity index (χ3n) is 4.46. The van der Waals surface area contributed by atoms with Crippen molar-refractivity contribution in [2.45, 2.75) is 19.5 Å². The molecule has 0 fully saturated rings. The fourth-order valence-corrected chi connectivity index (χ4v) is 2.75. The smallest absolute Gasteiger partial charge is 0.270 e. The number of rotatable bonds is 9.